The third-order valence-corrected chi connectivity index (χ3v) is 4.91. The molecule has 1 aromatic heterocycles. The molecule has 0 unspecified atom stereocenters. The van der Waals surface area contributed by atoms with Crippen LogP contribution in [0.1, 0.15) is 20.0 Å². The monoisotopic (exact) mass is 386 g/mol. The Morgan fingerprint density at radius 1 is 0.815 bits per heavy atom. The van der Waals surface area contributed by atoms with Gasteiger partial charge in [0.1, 0.15) is 11.6 Å². The van der Waals surface area contributed by atoms with Crippen LogP contribution in [0, 0.1) is 11.6 Å². The molecular formula is C20H16F2N2O2S. The lowest BCUT2D eigenvalue weighted by molar-refractivity contribution is 0.0927. The molecular weight excluding hydrogens is 370 g/mol. The van der Waals surface area contributed by atoms with E-state index in [0.717, 1.165) is 10.4 Å². The molecule has 0 aliphatic heterocycles. The second-order valence-electron chi connectivity index (χ2n) is 5.66. The summed E-state index contributed by atoms with van der Waals surface area (Å²) in [5, 5.41) is 5.25. The average Bonchev–Trinajstić information content (AvgIpc) is 3.16. The molecule has 138 valence electrons. The fourth-order valence-electron chi connectivity index (χ4n) is 2.41. The summed E-state index contributed by atoms with van der Waals surface area (Å²) in [6, 6.07) is 15.2. The Bertz CT molecular complexity index is 955. The maximum absolute atomic E-state index is 13.5. The number of carbonyl (C=O) groups excluding carboxylic acids is 2. The van der Waals surface area contributed by atoms with Gasteiger partial charge in [-0.1, -0.05) is 24.3 Å². The lowest BCUT2D eigenvalue weighted by Gasteiger charge is -2.07. The van der Waals surface area contributed by atoms with Gasteiger partial charge in [0, 0.05) is 18.0 Å². The van der Waals surface area contributed by atoms with E-state index in [-0.39, 0.29) is 30.4 Å². The van der Waals surface area contributed by atoms with Crippen LogP contribution in [-0.2, 0) is 0 Å². The summed E-state index contributed by atoms with van der Waals surface area (Å²) in [6.45, 7) is 0.387. The number of amides is 2. The summed E-state index contributed by atoms with van der Waals surface area (Å²) < 4.78 is 26.5. The zero-order chi connectivity index (χ0) is 19.2. The molecule has 0 atom stereocenters. The van der Waals surface area contributed by atoms with Crippen molar-refractivity contribution in [2.24, 2.45) is 0 Å². The van der Waals surface area contributed by atoms with Crippen LogP contribution in [0.4, 0.5) is 8.78 Å². The van der Waals surface area contributed by atoms with Crippen LogP contribution in [0.3, 0.4) is 0 Å². The molecule has 0 saturated carbocycles. The zero-order valence-corrected chi connectivity index (χ0v) is 15.0. The highest BCUT2D eigenvalue weighted by molar-refractivity contribution is 7.17. The van der Waals surface area contributed by atoms with Crippen molar-refractivity contribution in [3.63, 3.8) is 0 Å². The standard InChI is InChI=1S/C20H16F2N2O2S/c21-14-7-5-13(6-8-14)17-9-10-18(27-17)20(26)24-12-11-23-19(25)15-3-1-2-4-16(15)22/h1-10H,11-12H2,(H,23,25)(H,24,26). The van der Waals surface area contributed by atoms with Crippen LogP contribution >= 0.6 is 11.3 Å². The van der Waals surface area contributed by atoms with Crippen LogP contribution in [0.5, 0.6) is 0 Å². The molecule has 0 spiro atoms. The summed E-state index contributed by atoms with van der Waals surface area (Å²) in [5.74, 6) is -1.71. The molecule has 1 heterocycles. The van der Waals surface area contributed by atoms with Crippen LogP contribution in [0.25, 0.3) is 10.4 Å². The van der Waals surface area contributed by atoms with Crippen molar-refractivity contribution in [1.29, 1.82) is 0 Å². The van der Waals surface area contributed by atoms with E-state index in [1.54, 1.807) is 30.3 Å². The number of hydrogen-bond donors (Lipinski definition) is 2. The highest BCUT2D eigenvalue weighted by Gasteiger charge is 2.12. The lowest BCUT2D eigenvalue weighted by atomic mass is 10.2. The predicted molar refractivity (Wildman–Crippen MR) is 101 cm³/mol. The van der Waals surface area contributed by atoms with Crippen LogP contribution in [0.2, 0.25) is 0 Å². The fourth-order valence-corrected chi connectivity index (χ4v) is 3.34. The van der Waals surface area contributed by atoms with Crippen molar-refractivity contribution < 1.29 is 18.4 Å². The molecule has 3 aromatic rings. The minimum atomic E-state index is -0.592. The quantitative estimate of drug-likeness (QED) is 0.632. The fraction of sp³-hybridized carbons (Fsp3) is 0.100. The number of thiophene rings is 1. The summed E-state index contributed by atoms with van der Waals surface area (Å²) in [4.78, 5) is 25.4. The van der Waals surface area contributed by atoms with Gasteiger partial charge in [-0.25, -0.2) is 8.78 Å². The van der Waals surface area contributed by atoms with E-state index in [4.69, 9.17) is 0 Å². The minimum Gasteiger partial charge on any atom is -0.350 e. The molecule has 0 aliphatic carbocycles. The molecule has 4 nitrogen and oxygen atoms in total. The van der Waals surface area contributed by atoms with E-state index in [2.05, 4.69) is 10.6 Å². The normalized spacial score (nSPS) is 10.4. The molecule has 2 amide bonds. The Morgan fingerprint density at radius 2 is 1.48 bits per heavy atom. The predicted octanol–water partition coefficient (Wildman–Crippen LogP) is 3.85. The van der Waals surface area contributed by atoms with E-state index in [1.165, 1.54) is 41.7 Å². The molecule has 3 rings (SSSR count). The molecule has 0 radical (unpaired) electrons. The van der Waals surface area contributed by atoms with Crippen molar-refractivity contribution in [2.45, 2.75) is 0 Å². The summed E-state index contributed by atoms with van der Waals surface area (Å²) >= 11 is 1.29. The Hall–Kier alpha value is -3.06. The van der Waals surface area contributed by atoms with Gasteiger partial charge in [0.05, 0.1) is 10.4 Å². The number of hydrogen-bond acceptors (Lipinski definition) is 3. The number of nitrogens with one attached hydrogen (secondary N) is 2. The van der Waals surface area contributed by atoms with Crippen molar-refractivity contribution in [2.75, 3.05) is 13.1 Å². The van der Waals surface area contributed by atoms with Gasteiger partial charge in [-0.15, -0.1) is 11.3 Å². The summed E-state index contributed by atoms with van der Waals surface area (Å²) in [6.07, 6.45) is 0. The van der Waals surface area contributed by atoms with E-state index in [1.807, 2.05) is 0 Å². The van der Waals surface area contributed by atoms with Gasteiger partial charge in [0.2, 0.25) is 0 Å². The minimum absolute atomic E-state index is 0.0361. The van der Waals surface area contributed by atoms with E-state index in [9.17, 15) is 18.4 Å². The van der Waals surface area contributed by atoms with Gasteiger partial charge in [0.15, 0.2) is 0 Å². The number of rotatable bonds is 6. The number of benzene rings is 2. The van der Waals surface area contributed by atoms with E-state index < -0.39 is 11.7 Å². The Morgan fingerprint density at radius 3 is 2.19 bits per heavy atom. The summed E-state index contributed by atoms with van der Waals surface area (Å²) in [5.41, 5.74) is 0.795. The van der Waals surface area contributed by atoms with Crippen molar-refractivity contribution in [3.05, 3.63) is 82.7 Å². The Labute approximate surface area is 158 Å². The lowest BCUT2D eigenvalue weighted by Crippen LogP contribution is -2.34. The first kappa shape index (κ1) is 18.7. The molecule has 0 fully saturated rings. The van der Waals surface area contributed by atoms with Crippen molar-refractivity contribution in [3.8, 4) is 10.4 Å². The Balaban J connectivity index is 1.49. The first-order valence-electron chi connectivity index (χ1n) is 8.21. The molecule has 2 aromatic carbocycles. The highest BCUT2D eigenvalue weighted by Crippen LogP contribution is 2.28. The smallest absolute Gasteiger partial charge is 0.261 e. The third kappa shape index (κ3) is 4.77. The molecule has 2 N–H and O–H groups in total. The van der Waals surface area contributed by atoms with Crippen molar-refractivity contribution in [1.82, 2.24) is 10.6 Å². The molecule has 0 bridgehead atoms. The molecule has 7 heteroatoms. The second-order valence-corrected chi connectivity index (χ2v) is 6.75. The van der Waals surface area contributed by atoms with E-state index in [0.29, 0.717) is 4.88 Å². The highest BCUT2D eigenvalue weighted by atomic mass is 32.1. The maximum Gasteiger partial charge on any atom is 0.261 e. The van der Waals surface area contributed by atoms with Gasteiger partial charge in [-0.05, 0) is 42.0 Å². The molecule has 0 aliphatic rings. The average molecular weight is 386 g/mol. The first-order chi connectivity index (χ1) is 13.0. The maximum atomic E-state index is 13.5. The molecule has 0 saturated heterocycles. The van der Waals surface area contributed by atoms with Crippen LogP contribution < -0.4 is 10.6 Å². The van der Waals surface area contributed by atoms with Crippen LogP contribution in [-0.4, -0.2) is 24.9 Å². The number of halogens is 2. The van der Waals surface area contributed by atoms with Gasteiger partial charge < -0.3 is 10.6 Å². The zero-order valence-electron chi connectivity index (χ0n) is 14.2. The van der Waals surface area contributed by atoms with Gasteiger partial charge in [0.25, 0.3) is 11.8 Å². The van der Waals surface area contributed by atoms with Gasteiger partial charge in [-0.2, -0.15) is 0 Å². The third-order valence-electron chi connectivity index (χ3n) is 3.77. The Kier molecular flexibility index (Phi) is 5.93. The first-order valence-corrected chi connectivity index (χ1v) is 9.03. The second kappa shape index (κ2) is 8.55. The molecule has 27 heavy (non-hydrogen) atoms. The van der Waals surface area contributed by atoms with Gasteiger partial charge >= 0.3 is 0 Å². The summed E-state index contributed by atoms with van der Waals surface area (Å²) in [7, 11) is 0. The SMILES string of the molecule is O=C(NCCNC(=O)c1ccccc1F)c1ccc(-c2ccc(F)cc2)s1. The topological polar surface area (TPSA) is 58.2 Å². The van der Waals surface area contributed by atoms with E-state index >= 15 is 0 Å². The van der Waals surface area contributed by atoms with Gasteiger partial charge in [-0.3, -0.25) is 9.59 Å². The number of carbonyl (C=O) groups is 2. The van der Waals surface area contributed by atoms with Crippen LogP contribution in [0.15, 0.2) is 60.7 Å². The largest absolute Gasteiger partial charge is 0.350 e. The van der Waals surface area contributed by atoms with Crippen molar-refractivity contribution >= 4 is 23.2 Å².